The Labute approximate surface area is 236 Å². The topological polar surface area (TPSA) is 79.0 Å². The first-order valence-corrected chi connectivity index (χ1v) is 14.1. The van der Waals surface area contributed by atoms with Gasteiger partial charge < -0.3 is 15.0 Å². The molecule has 1 N–H and O–H groups in total. The Kier molecular flexibility index (Phi) is 8.03. The molecule has 7 nitrogen and oxygen atoms in total. The smallest absolute Gasteiger partial charge is 0.256 e. The summed E-state index contributed by atoms with van der Waals surface area (Å²) in [6.45, 7) is 6.93. The van der Waals surface area contributed by atoms with Crippen LogP contribution in [0.5, 0.6) is 0 Å². The molecule has 2 heterocycles. The van der Waals surface area contributed by atoms with Gasteiger partial charge in [-0.25, -0.2) is 0 Å². The molecule has 40 heavy (non-hydrogen) atoms. The Morgan fingerprint density at radius 1 is 0.925 bits per heavy atom. The first-order valence-electron chi connectivity index (χ1n) is 14.1. The Hall–Kier alpha value is -3.97. The standard InChI is InChI=1S/C33H37N3O4/c1-4-25-13-15-27(16-14-25)31(38)35-19-17-33(18-20-35)36(32(39)28-12-8-9-23(2)21-28)29(22-40-33)30(37)34-24(3)26-10-6-5-7-11-26/h5-16,21,24,29H,4,17-20,22H2,1-3H3,(H,34,37)/t24-,29-/m0/s1. The zero-order chi connectivity index (χ0) is 28.3. The number of carbonyl (C=O) groups is 3. The molecule has 1 spiro atoms. The molecule has 5 rings (SSSR count). The lowest BCUT2D eigenvalue weighted by Crippen LogP contribution is -2.60. The van der Waals surface area contributed by atoms with Crippen LogP contribution >= 0.6 is 0 Å². The summed E-state index contributed by atoms with van der Waals surface area (Å²) in [5.41, 5.74) is 3.35. The van der Waals surface area contributed by atoms with Crippen LogP contribution in [-0.4, -0.2) is 59.0 Å². The van der Waals surface area contributed by atoms with E-state index in [1.54, 1.807) is 11.0 Å². The van der Waals surface area contributed by atoms with E-state index in [0.717, 1.165) is 17.5 Å². The van der Waals surface area contributed by atoms with E-state index in [4.69, 9.17) is 4.74 Å². The molecule has 0 saturated carbocycles. The van der Waals surface area contributed by atoms with E-state index in [9.17, 15) is 14.4 Å². The largest absolute Gasteiger partial charge is 0.353 e. The van der Waals surface area contributed by atoms with Crippen molar-refractivity contribution in [2.75, 3.05) is 19.7 Å². The van der Waals surface area contributed by atoms with Crippen molar-refractivity contribution in [3.63, 3.8) is 0 Å². The molecule has 208 valence electrons. The molecule has 3 aromatic carbocycles. The van der Waals surface area contributed by atoms with Gasteiger partial charge in [-0.3, -0.25) is 19.3 Å². The number of likely N-dealkylation sites (tertiary alicyclic amines) is 1. The first kappa shape index (κ1) is 27.6. The van der Waals surface area contributed by atoms with Gasteiger partial charge in [-0.05, 0) is 55.7 Å². The summed E-state index contributed by atoms with van der Waals surface area (Å²) < 4.78 is 6.36. The lowest BCUT2D eigenvalue weighted by molar-refractivity contribution is -0.128. The van der Waals surface area contributed by atoms with Crippen LogP contribution in [0.2, 0.25) is 0 Å². The van der Waals surface area contributed by atoms with Crippen LogP contribution in [0.15, 0.2) is 78.9 Å². The molecule has 2 saturated heterocycles. The molecular weight excluding hydrogens is 502 g/mol. The Morgan fingerprint density at radius 3 is 2.27 bits per heavy atom. The van der Waals surface area contributed by atoms with Crippen molar-refractivity contribution < 1.29 is 19.1 Å². The average molecular weight is 540 g/mol. The highest BCUT2D eigenvalue weighted by Gasteiger charge is 2.54. The van der Waals surface area contributed by atoms with E-state index in [1.807, 2.05) is 91.5 Å². The molecule has 0 aliphatic carbocycles. The van der Waals surface area contributed by atoms with Crippen molar-refractivity contribution in [2.24, 2.45) is 0 Å². The second kappa shape index (κ2) is 11.6. The SMILES string of the molecule is CCc1ccc(C(=O)N2CCC3(CC2)OC[C@@H](C(=O)N[C@@H](C)c2ccccc2)N3C(=O)c2cccc(C)c2)cc1. The number of piperidine rings is 1. The minimum Gasteiger partial charge on any atom is -0.353 e. The fourth-order valence-electron chi connectivity index (χ4n) is 5.74. The van der Waals surface area contributed by atoms with Crippen molar-refractivity contribution in [1.29, 1.82) is 0 Å². The molecule has 0 radical (unpaired) electrons. The van der Waals surface area contributed by atoms with E-state index in [1.165, 1.54) is 5.56 Å². The van der Waals surface area contributed by atoms with E-state index < -0.39 is 11.8 Å². The highest BCUT2D eigenvalue weighted by Crippen LogP contribution is 2.39. The summed E-state index contributed by atoms with van der Waals surface area (Å²) in [4.78, 5) is 44.4. The van der Waals surface area contributed by atoms with E-state index >= 15 is 0 Å². The van der Waals surface area contributed by atoms with E-state index in [2.05, 4.69) is 12.2 Å². The third-order valence-electron chi connectivity index (χ3n) is 8.15. The zero-order valence-electron chi connectivity index (χ0n) is 23.4. The molecule has 0 aromatic heterocycles. The maximum absolute atomic E-state index is 14.0. The summed E-state index contributed by atoms with van der Waals surface area (Å²) in [6, 6.07) is 23.9. The molecule has 0 bridgehead atoms. The van der Waals surface area contributed by atoms with Gasteiger partial charge in [0.1, 0.15) is 11.8 Å². The maximum atomic E-state index is 14.0. The van der Waals surface area contributed by atoms with Crippen molar-refractivity contribution in [2.45, 2.75) is 57.8 Å². The van der Waals surface area contributed by atoms with Crippen LogP contribution in [-0.2, 0) is 16.0 Å². The van der Waals surface area contributed by atoms with Gasteiger partial charge in [0, 0.05) is 37.1 Å². The second-order valence-electron chi connectivity index (χ2n) is 10.8. The fraction of sp³-hybridized carbons (Fsp3) is 0.364. The highest BCUT2D eigenvalue weighted by atomic mass is 16.5. The normalized spacial score (nSPS) is 18.9. The molecule has 2 fully saturated rings. The third-order valence-corrected chi connectivity index (χ3v) is 8.15. The van der Waals surface area contributed by atoms with Gasteiger partial charge in [0.05, 0.1) is 12.6 Å². The molecule has 3 amide bonds. The maximum Gasteiger partial charge on any atom is 0.256 e. The van der Waals surface area contributed by atoms with Gasteiger partial charge in [-0.1, -0.05) is 67.1 Å². The van der Waals surface area contributed by atoms with Gasteiger partial charge in [0.25, 0.3) is 11.8 Å². The van der Waals surface area contributed by atoms with Crippen LogP contribution in [0.4, 0.5) is 0 Å². The van der Waals surface area contributed by atoms with E-state index in [0.29, 0.717) is 37.1 Å². The van der Waals surface area contributed by atoms with Crippen LogP contribution in [0.3, 0.4) is 0 Å². The van der Waals surface area contributed by atoms with Crippen molar-refractivity contribution in [3.8, 4) is 0 Å². The van der Waals surface area contributed by atoms with Crippen LogP contribution in [0.1, 0.15) is 70.1 Å². The highest BCUT2D eigenvalue weighted by molar-refractivity contribution is 5.99. The summed E-state index contributed by atoms with van der Waals surface area (Å²) in [7, 11) is 0. The van der Waals surface area contributed by atoms with Gasteiger partial charge >= 0.3 is 0 Å². The van der Waals surface area contributed by atoms with Gasteiger partial charge in [-0.2, -0.15) is 0 Å². The molecular formula is C33H37N3O4. The summed E-state index contributed by atoms with van der Waals surface area (Å²) >= 11 is 0. The summed E-state index contributed by atoms with van der Waals surface area (Å²) in [5.74, 6) is -0.509. The fourth-order valence-corrected chi connectivity index (χ4v) is 5.74. The number of carbonyl (C=O) groups excluding carboxylic acids is 3. The van der Waals surface area contributed by atoms with Gasteiger partial charge in [0.15, 0.2) is 0 Å². The second-order valence-corrected chi connectivity index (χ2v) is 10.8. The molecule has 0 unspecified atom stereocenters. The van der Waals surface area contributed by atoms with Gasteiger partial charge in [-0.15, -0.1) is 0 Å². The Balaban J connectivity index is 1.37. The predicted octanol–water partition coefficient (Wildman–Crippen LogP) is 4.91. The first-order chi connectivity index (χ1) is 19.3. The Bertz CT molecular complexity index is 1360. The number of hydrogen-bond donors (Lipinski definition) is 1. The number of rotatable bonds is 6. The summed E-state index contributed by atoms with van der Waals surface area (Å²) in [6.07, 6.45) is 1.78. The minimum atomic E-state index is -0.957. The Morgan fingerprint density at radius 2 is 1.62 bits per heavy atom. The quantitative estimate of drug-likeness (QED) is 0.483. The molecule has 2 aliphatic rings. The monoisotopic (exact) mass is 539 g/mol. The number of nitrogens with one attached hydrogen (secondary N) is 1. The molecule has 7 heteroatoms. The summed E-state index contributed by atoms with van der Waals surface area (Å²) in [5, 5.41) is 3.09. The molecule has 3 aromatic rings. The predicted molar refractivity (Wildman–Crippen MR) is 154 cm³/mol. The molecule has 2 aliphatic heterocycles. The average Bonchev–Trinajstić information content (AvgIpc) is 3.35. The lowest BCUT2D eigenvalue weighted by Gasteiger charge is -2.44. The molecule has 2 atom stereocenters. The lowest BCUT2D eigenvalue weighted by atomic mass is 9.95. The third kappa shape index (κ3) is 5.52. The zero-order valence-corrected chi connectivity index (χ0v) is 23.4. The van der Waals surface area contributed by atoms with Gasteiger partial charge in [0.2, 0.25) is 5.91 Å². The van der Waals surface area contributed by atoms with Crippen molar-refractivity contribution >= 4 is 17.7 Å². The van der Waals surface area contributed by atoms with Crippen molar-refractivity contribution in [1.82, 2.24) is 15.1 Å². The number of amides is 3. The van der Waals surface area contributed by atoms with Crippen molar-refractivity contribution in [3.05, 3.63) is 107 Å². The van der Waals surface area contributed by atoms with Crippen LogP contribution in [0.25, 0.3) is 0 Å². The number of benzene rings is 3. The number of nitrogens with zero attached hydrogens (tertiary/aromatic N) is 2. The van der Waals surface area contributed by atoms with Crippen LogP contribution < -0.4 is 5.32 Å². The number of hydrogen-bond acceptors (Lipinski definition) is 4. The van der Waals surface area contributed by atoms with Crippen LogP contribution in [0, 0.1) is 6.92 Å². The number of aryl methyl sites for hydroxylation is 2. The minimum absolute atomic E-state index is 0.0296. The van der Waals surface area contributed by atoms with E-state index in [-0.39, 0.29) is 30.4 Å². The number of ether oxygens (including phenoxy) is 1.